The number of ether oxygens (including phenoxy) is 2. The van der Waals surface area contributed by atoms with Gasteiger partial charge in [-0.1, -0.05) is 73.5 Å². The van der Waals surface area contributed by atoms with Crippen molar-refractivity contribution in [1.29, 1.82) is 0 Å². The van der Waals surface area contributed by atoms with Gasteiger partial charge in [0, 0.05) is 0 Å². The van der Waals surface area contributed by atoms with Gasteiger partial charge in [-0.15, -0.1) is 0 Å². The van der Waals surface area contributed by atoms with Crippen LogP contribution in [0.1, 0.15) is 25.0 Å². The van der Waals surface area contributed by atoms with Gasteiger partial charge in [0.1, 0.15) is 11.5 Å². The quantitative estimate of drug-likeness (QED) is 0.290. The molecule has 0 radical (unpaired) electrons. The summed E-state index contributed by atoms with van der Waals surface area (Å²) in [6, 6.07) is 29.8. The van der Waals surface area contributed by atoms with E-state index in [9.17, 15) is 8.42 Å². The average Bonchev–Trinajstić information content (AvgIpc) is 2.91. The Morgan fingerprint density at radius 3 is 1.14 bits per heavy atom. The zero-order chi connectivity index (χ0) is 25.8. The molecule has 4 aromatic carbocycles. The molecule has 0 fully saturated rings. The number of hydrogen-bond acceptors (Lipinski definition) is 4. The molecule has 0 aliphatic carbocycles. The average molecular weight is 491 g/mol. The van der Waals surface area contributed by atoms with E-state index in [4.69, 9.17) is 9.47 Å². The molecule has 0 atom stereocenters. The Morgan fingerprint density at radius 2 is 0.771 bits per heavy atom. The molecule has 0 saturated carbocycles. The van der Waals surface area contributed by atoms with Crippen molar-refractivity contribution < 1.29 is 17.9 Å². The largest absolute Gasteiger partial charge is 0.497 e. The number of hydrogen-bond donors (Lipinski definition) is 0. The zero-order valence-corrected chi connectivity index (χ0v) is 22.1. The second-order valence-electron chi connectivity index (χ2n) is 7.59. The Labute approximate surface area is 210 Å². The van der Waals surface area contributed by atoms with Crippen LogP contribution in [0.3, 0.4) is 0 Å². The summed E-state index contributed by atoms with van der Waals surface area (Å²) in [4.78, 5) is 0.574. The highest BCUT2D eigenvalue weighted by atomic mass is 32.2. The standard InChI is InChI=1S/C14H14O3S.C14H14O.C2H6/c1-11-3-7-13(8-4-11)18(15,16)14-9-5-12(17-2)6-10-14;1-11-3-5-12(6-4-11)13-7-9-14(15-2)10-8-13;1-2/h3-10H,1-2H3;3-10H,1-2H3;1-2H3. The van der Waals surface area contributed by atoms with Crippen molar-refractivity contribution in [2.45, 2.75) is 37.5 Å². The predicted octanol–water partition coefficient (Wildman–Crippen LogP) is 7.53. The van der Waals surface area contributed by atoms with Crippen molar-refractivity contribution >= 4 is 9.84 Å². The molecule has 4 nitrogen and oxygen atoms in total. The third kappa shape index (κ3) is 7.72. The van der Waals surface area contributed by atoms with Crippen molar-refractivity contribution in [3.63, 3.8) is 0 Å². The van der Waals surface area contributed by atoms with E-state index >= 15 is 0 Å². The topological polar surface area (TPSA) is 52.6 Å². The Kier molecular flexibility index (Phi) is 10.6. The van der Waals surface area contributed by atoms with Gasteiger partial charge in [0.15, 0.2) is 0 Å². The molecule has 0 spiro atoms. The molecule has 0 aromatic heterocycles. The van der Waals surface area contributed by atoms with Crippen LogP contribution in [0.5, 0.6) is 11.5 Å². The van der Waals surface area contributed by atoms with E-state index in [2.05, 4.69) is 43.3 Å². The lowest BCUT2D eigenvalue weighted by molar-refractivity contribution is 0.414. The van der Waals surface area contributed by atoms with Gasteiger partial charge in [-0.05, 0) is 73.5 Å². The van der Waals surface area contributed by atoms with Crippen LogP contribution in [0.2, 0.25) is 0 Å². The summed E-state index contributed by atoms with van der Waals surface area (Å²) in [5.41, 5.74) is 4.77. The van der Waals surface area contributed by atoms with Crippen molar-refractivity contribution in [1.82, 2.24) is 0 Å². The molecular formula is C30H34O4S. The number of benzene rings is 4. The van der Waals surface area contributed by atoms with Crippen molar-refractivity contribution in [3.8, 4) is 22.6 Å². The van der Waals surface area contributed by atoms with Crippen molar-refractivity contribution in [2.75, 3.05) is 14.2 Å². The highest BCUT2D eigenvalue weighted by Crippen LogP contribution is 2.24. The second kappa shape index (κ2) is 13.4. The molecule has 5 heteroatoms. The van der Waals surface area contributed by atoms with Crippen LogP contribution in [-0.2, 0) is 9.84 Å². The lowest BCUT2D eigenvalue weighted by atomic mass is 10.0. The number of aryl methyl sites for hydroxylation is 2. The minimum atomic E-state index is -3.44. The summed E-state index contributed by atoms with van der Waals surface area (Å²) in [6.45, 7) is 8.02. The smallest absolute Gasteiger partial charge is 0.206 e. The Morgan fingerprint density at radius 1 is 0.486 bits per heavy atom. The summed E-state index contributed by atoms with van der Waals surface area (Å²) < 4.78 is 34.7. The SMILES string of the molecule is CC.COc1ccc(-c2ccc(C)cc2)cc1.COc1ccc(S(=O)(=O)c2ccc(C)cc2)cc1. The van der Waals surface area contributed by atoms with Crippen LogP contribution in [-0.4, -0.2) is 22.6 Å². The van der Waals surface area contributed by atoms with E-state index in [-0.39, 0.29) is 4.90 Å². The first-order valence-electron chi connectivity index (χ1n) is 11.5. The van der Waals surface area contributed by atoms with E-state index in [1.807, 2.05) is 32.9 Å². The molecule has 0 saturated heterocycles. The third-order valence-corrected chi connectivity index (χ3v) is 6.96. The van der Waals surface area contributed by atoms with E-state index in [0.29, 0.717) is 10.6 Å². The number of methoxy groups -OCH3 is 2. The Hall–Kier alpha value is -3.57. The lowest BCUT2D eigenvalue weighted by Crippen LogP contribution is -2.01. The van der Waals surface area contributed by atoms with E-state index in [0.717, 1.165) is 11.3 Å². The first-order chi connectivity index (χ1) is 16.8. The summed E-state index contributed by atoms with van der Waals surface area (Å²) >= 11 is 0. The van der Waals surface area contributed by atoms with E-state index in [1.165, 1.54) is 16.7 Å². The molecule has 0 unspecified atom stereocenters. The molecule has 184 valence electrons. The maximum atomic E-state index is 12.3. The molecule has 0 N–H and O–H groups in total. The van der Waals surface area contributed by atoms with Gasteiger partial charge in [-0.3, -0.25) is 0 Å². The van der Waals surface area contributed by atoms with Gasteiger partial charge in [-0.25, -0.2) is 8.42 Å². The summed E-state index contributed by atoms with van der Waals surface area (Å²) in [5.74, 6) is 1.53. The van der Waals surface area contributed by atoms with Crippen LogP contribution in [0.4, 0.5) is 0 Å². The molecule has 0 aliphatic rings. The molecule has 4 aromatic rings. The normalized spacial score (nSPS) is 10.2. The van der Waals surface area contributed by atoms with Crippen LogP contribution >= 0.6 is 0 Å². The predicted molar refractivity (Wildman–Crippen MR) is 144 cm³/mol. The van der Waals surface area contributed by atoms with Crippen LogP contribution in [0, 0.1) is 13.8 Å². The van der Waals surface area contributed by atoms with Gasteiger partial charge < -0.3 is 9.47 Å². The summed E-state index contributed by atoms with van der Waals surface area (Å²) in [5, 5.41) is 0. The summed E-state index contributed by atoms with van der Waals surface area (Å²) in [7, 11) is -0.210. The minimum Gasteiger partial charge on any atom is -0.497 e. The molecule has 0 amide bonds. The first-order valence-corrected chi connectivity index (χ1v) is 13.0. The fraction of sp³-hybridized carbons (Fsp3) is 0.200. The zero-order valence-electron chi connectivity index (χ0n) is 21.3. The molecule has 35 heavy (non-hydrogen) atoms. The Balaban J connectivity index is 0.000000234. The van der Waals surface area contributed by atoms with Crippen molar-refractivity contribution in [2.24, 2.45) is 0 Å². The highest BCUT2D eigenvalue weighted by Gasteiger charge is 2.17. The summed E-state index contributed by atoms with van der Waals surface area (Å²) in [6.07, 6.45) is 0. The minimum absolute atomic E-state index is 0.271. The second-order valence-corrected chi connectivity index (χ2v) is 9.54. The van der Waals surface area contributed by atoms with Crippen LogP contribution in [0.25, 0.3) is 11.1 Å². The number of rotatable bonds is 5. The van der Waals surface area contributed by atoms with Crippen LogP contribution < -0.4 is 9.47 Å². The van der Waals surface area contributed by atoms with E-state index in [1.54, 1.807) is 62.8 Å². The molecule has 0 aliphatic heterocycles. The van der Waals surface area contributed by atoms with Gasteiger partial charge >= 0.3 is 0 Å². The fourth-order valence-corrected chi connectivity index (χ4v) is 4.40. The Bertz CT molecular complexity index is 1260. The van der Waals surface area contributed by atoms with Gasteiger partial charge in [0.2, 0.25) is 9.84 Å². The first kappa shape index (κ1) is 27.7. The highest BCUT2D eigenvalue weighted by molar-refractivity contribution is 7.91. The van der Waals surface area contributed by atoms with Crippen molar-refractivity contribution in [3.05, 3.63) is 108 Å². The lowest BCUT2D eigenvalue weighted by Gasteiger charge is -2.06. The maximum Gasteiger partial charge on any atom is 0.206 e. The van der Waals surface area contributed by atoms with Crippen LogP contribution in [0.15, 0.2) is 107 Å². The third-order valence-electron chi connectivity index (χ3n) is 5.18. The maximum absolute atomic E-state index is 12.3. The molecule has 0 bridgehead atoms. The van der Waals surface area contributed by atoms with Gasteiger partial charge in [0.25, 0.3) is 0 Å². The molecule has 0 heterocycles. The fourth-order valence-electron chi connectivity index (χ4n) is 3.14. The molecular weight excluding hydrogens is 456 g/mol. The number of sulfone groups is 1. The van der Waals surface area contributed by atoms with Gasteiger partial charge in [-0.2, -0.15) is 0 Å². The monoisotopic (exact) mass is 490 g/mol. The molecule has 4 rings (SSSR count). The van der Waals surface area contributed by atoms with E-state index < -0.39 is 9.84 Å². The van der Waals surface area contributed by atoms with Gasteiger partial charge in [0.05, 0.1) is 24.0 Å².